The molecule has 2 aliphatic rings. The van der Waals surface area contributed by atoms with Crippen molar-refractivity contribution in [1.29, 1.82) is 0 Å². The van der Waals surface area contributed by atoms with E-state index in [1.807, 2.05) is 36.0 Å². The molecule has 1 aromatic rings. The zero-order valence-electron chi connectivity index (χ0n) is 15.4. The van der Waals surface area contributed by atoms with Crippen molar-refractivity contribution in [2.75, 3.05) is 50.2 Å². The van der Waals surface area contributed by atoms with Gasteiger partial charge in [-0.2, -0.15) is 0 Å². The minimum absolute atomic E-state index is 0.0103. The van der Waals surface area contributed by atoms with Crippen molar-refractivity contribution < 1.29 is 14.6 Å². The van der Waals surface area contributed by atoms with Gasteiger partial charge in [0, 0.05) is 39.7 Å². The van der Waals surface area contributed by atoms with Crippen LogP contribution in [0.4, 0.5) is 11.6 Å². The number of aromatic nitrogens is 2. The zero-order valence-corrected chi connectivity index (χ0v) is 15.4. The highest BCUT2D eigenvalue weighted by Crippen LogP contribution is 2.25. The van der Waals surface area contributed by atoms with Crippen molar-refractivity contribution in [2.45, 2.75) is 31.4 Å². The maximum absolute atomic E-state index is 12.2. The summed E-state index contributed by atoms with van der Waals surface area (Å²) in [6.45, 7) is 2.27. The van der Waals surface area contributed by atoms with E-state index in [1.54, 1.807) is 0 Å². The van der Waals surface area contributed by atoms with Crippen LogP contribution in [0.5, 0.6) is 0 Å². The van der Waals surface area contributed by atoms with Gasteiger partial charge in [0.2, 0.25) is 5.91 Å². The van der Waals surface area contributed by atoms with Crippen molar-refractivity contribution in [2.24, 2.45) is 0 Å². The van der Waals surface area contributed by atoms with Crippen LogP contribution in [-0.2, 0) is 9.53 Å². The van der Waals surface area contributed by atoms with Crippen LogP contribution >= 0.6 is 0 Å². The molecule has 1 saturated heterocycles. The van der Waals surface area contributed by atoms with E-state index in [2.05, 4.69) is 15.3 Å². The number of nitrogens with zero attached hydrogens (tertiary/aromatic N) is 4. The Balaban J connectivity index is 1.60. The van der Waals surface area contributed by atoms with Crippen molar-refractivity contribution in [3.8, 4) is 0 Å². The fourth-order valence-corrected chi connectivity index (χ4v) is 3.33. The standard InChI is InChI=1S/C18H27N5O3/c1-22(2)16-9-17(21-12-20-16)23-11-15(24)8-14(23)10-19-18(25)7-13-3-5-26-6-4-13/h3,9,12,14-15,24H,4-8,10-11H2,1-2H3,(H,19,25)/t14-,15-/m1/s1. The summed E-state index contributed by atoms with van der Waals surface area (Å²) in [4.78, 5) is 24.8. The Kier molecular flexibility index (Phi) is 6.05. The molecule has 8 nitrogen and oxygen atoms in total. The van der Waals surface area contributed by atoms with Crippen LogP contribution in [-0.4, -0.2) is 73.5 Å². The summed E-state index contributed by atoms with van der Waals surface area (Å²) >= 11 is 0. The molecule has 1 aromatic heterocycles. The van der Waals surface area contributed by atoms with Gasteiger partial charge in [0.1, 0.15) is 18.0 Å². The third kappa shape index (κ3) is 4.70. The topological polar surface area (TPSA) is 90.8 Å². The number of rotatable bonds is 6. The van der Waals surface area contributed by atoms with E-state index in [4.69, 9.17) is 4.74 Å². The van der Waals surface area contributed by atoms with Crippen LogP contribution in [0.25, 0.3) is 0 Å². The Bertz CT molecular complexity index is 664. The molecule has 26 heavy (non-hydrogen) atoms. The maximum Gasteiger partial charge on any atom is 0.224 e. The second-order valence-electron chi connectivity index (χ2n) is 6.99. The molecule has 3 rings (SSSR count). The van der Waals surface area contributed by atoms with Crippen LogP contribution < -0.4 is 15.1 Å². The molecule has 1 fully saturated rings. The van der Waals surface area contributed by atoms with Crippen LogP contribution in [0.1, 0.15) is 19.3 Å². The Morgan fingerprint density at radius 2 is 2.31 bits per heavy atom. The number of hydrogen-bond donors (Lipinski definition) is 2. The molecule has 0 unspecified atom stereocenters. The van der Waals surface area contributed by atoms with Crippen LogP contribution in [0.2, 0.25) is 0 Å². The van der Waals surface area contributed by atoms with E-state index in [0.29, 0.717) is 39.1 Å². The van der Waals surface area contributed by atoms with Gasteiger partial charge in [0.05, 0.1) is 25.4 Å². The lowest BCUT2D eigenvalue weighted by atomic mass is 10.1. The number of aliphatic hydroxyl groups excluding tert-OH is 1. The first-order valence-corrected chi connectivity index (χ1v) is 8.99. The lowest BCUT2D eigenvalue weighted by Crippen LogP contribution is -2.40. The van der Waals surface area contributed by atoms with Gasteiger partial charge in [-0.1, -0.05) is 11.6 Å². The number of amides is 1. The Hall–Kier alpha value is -2.19. The monoisotopic (exact) mass is 361 g/mol. The first kappa shape index (κ1) is 18.6. The molecule has 0 bridgehead atoms. The minimum Gasteiger partial charge on any atom is -0.391 e. The fourth-order valence-electron chi connectivity index (χ4n) is 3.33. The molecule has 2 aliphatic heterocycles. The first-order valence-electron chi connectivity index (χ1n) is 8.99. The van der Waals surface area contributed by atoms with Gasteiger partial charge in [-0.3, -0.25) is 4.79 Å². The van der Waals surface area contributed by atoms with Crippen LogP contribution in [0.15, 0.2) is 24.0 Å². The number of nitrogens with one attached hydrogen (secondary N) is 1. The summed E-state index contributed by atoms with van der Waals surface area (Å²) in [5.41, 5.74) is 1.13. The molecule has 0 aliphatic carbocycles. The van der Waals surface area contributed by atoms with Crippen molar-refractivity contribution in [1.82, 2.24) is 15.3 Å². The average molecular weight is 361 g/mol. The van der Waals surface area contributed by atoms with E-state index in [0.717, 1.165) is 23.6 Å². The molecular formula is C18H27N5O3. The van der Waals surface area contributed by atoms with Gasteiger partial charge in [0.25, 0.3) is 0 Å². The fraction of sp³-hybridized carbons (Fsp3) is 0.611. The number of carbonyl (C=O) groups excluding carboxylic acids is 1. The third-order valence-corrected chi connectivity index (χ3v) is 4.76. The maximum atomic E-state index is 12.2. The zero-order chi connectivity index (χ0) is 18.5. The molecule has 142 valence electrons. The molecule has 1 amide bonds. The van der Waals surface area contributed by atoms with E-state index in [9.17, 15) is 9.90 Å². The van der Waals surface area contributed by atoms with Crippen LogP contribution in [0.3, 0.4) is 0 Å². The SMILES string of the molecule is CN(C)c1cc(N2C[C@H](O)C[C@@H]2CNC(=O)CC2=CCOCC2)ncn1. The molecule has 0 aromatic carbocycles. The van der Waals surface area contributed by atoms with Crippen LogP contribution in [0, 0.1) is 0 Å². The van der Waals surface area contributed by atoms with Gasteiger partial charge in [-0.25, -0.2) is 9.97 Å². The Morgan fingerprint density at radius 3 is 3.04 bits per heavy atom. The number of aliphatic hydroxyl groups is 1. The lowest BCUT2D eigenvalue weighted by molar-refractivity contribution is -0.120. The summed E-state index contributed by atoms with van der Waals surface area (Å²) in [6.07, 6.45) is 4.93. The average Bonchev–Trinajstić information content (AvgIpc) is 3.02. The number of anilines is 2. The number of hydrogen-bond acceptors (Lipinski definition) is 7. The van der Waals surface area contributed by atoms with Crippen molar-refractivity contribution >= 4 is 17.5 Å². The highest BCUT2D eigenvalue weighted by molar-refractivity contribution is 5.78. The van der Waals surface area contributed by atoms with Crippen molar-refractivity contribution in [3.05, 3.63) is 24.0 Å². The second kappa shape index (κ2) is 8.46. The molecule has 0 spiro atoms. The van der Waals surface area contributed by atoms with Gasteiger partial charge in [0.15, 0.2) is 0 Å². The van der Waals surface area contributed by atoms with E-state index in [1.165, 1.54) is 6.33 Å². The van der Waals surface area contributed by atoms with E-state index < -0.39 is 6.10 Å². The predicted molar refractivity (Wildman–Crippen MR) is 99.3 cm³/mol. The van der Waals surface area contributed by atoms with E-state index in [-0.39, 0.29) is 11.9 Å². The highest BCUT2D eigenvalue weighted by atomic mass is 16.5. The number of carbonyl (C=O) groups is 1. The van der Waals surface area contributed by atoms with Gasteiger partial charge >= 0.3 is 0 Å². The quantitative estimate of drug-likeness (QED) is 0.706. The van der Waals surface area contributed by atoms with Crippen molar-refractivity contribution in [3.63, 3.8) is 0 Å². The van der Waals surface area contributed by atoms with Gasteiger partial charge in [-0.15, -0.1) is 0 Å². The van der Waals surface area contributed by atoms with E-state index >= 15 is 0 Å². The number of β-amino-alcohol motifs (C(OH)–C–C–N with tert-alkyl or cyclic N) is 1. The largest absolute Gasteiger partial charge is 0.391 e. The first-order chi connectivity index (χ1) is 12.5. The highest BCUT2D eigenvalue weighted by Gasteiger charge is 2.32. The normalized spacial score (nSPS) is 22.9. The smallest absolute Gasteiger partial charge is 0.224 e. The summed E-state index contributed by atoms with van der Waals surface area (Å²) in [5.74, 6) is 1.59. The molecule has 2 atom stereocenters. The summed E-state index contributed by atoms with van der Waals surface area (Å²) < 4.78 is 5.27. The summed E-state index contributed by atoms with van der Waals surface area (Å²) in [7, 11) is 3.85. The van der Waals surface area contributed by atoms with Gasteiger partial charge in [-0.05, 0) is 12.8 Å². The molecule has 8 heteroatoms. The molecular weight excluding hydrogens is 334 g/mol. The molecule has 3 heterocycles. The second-order valence-corrected chi connectivity index (χ2v) is 6.99. The lowest BCUT2D eigenvalue weighted by Gasteiger charge is -2.26. The number of ether oxygens (including phenoxy) is 1. The Morgan fingerprint density at radius 1 is 1.46 bits per heavy atom. The third-order valence-electron chi connectivity index (χ3n) is 4.76. The molecule has 2 N–H and O–H groups in total. The predicted octanol–water partition coefficient (Wildman–Crippen LogP) is 0.335. The summed E-state index contributed by atoms with van der Waals surface area (Å²) in [6, 6.07) is 1.92. The summed E-state index contributed by atoms with van der Waals surface area (Å²) in [5, 5.41) is 13.1. The van der Waals surface area contributed by atoms with Gasteiger partial charge < -0.3 is 25.0 Å². The Labute approximate surface area is 153 Å². The molecule has 0 saturated carbocycles. The minimum atomic E-state index is -0.423. The molecule has 0 radical (unpaired) electrons.